The maximum Gasteiger partial charge on any atom is 0.260 e. The van der Waals surface area contributed by atoms with Crippen LogP contribution in [0.3, 0.4) is 0 Å². The van der Waals surface area contributed by atoms with Crippen molar-refractivity contribution in [1.82, 2.24) is 15.3 Å². The van der Waals surface area contributed by atoms with E-state index in [1.165, 1.54) is 47.3 Å². The van der Waals surface area contributed by atoms with Crippen LogP contribution >= 0.6 is 22.7 Å². The molecular formula is C24H25N3OS2. The van der Waals surface area contributed by atoms with E-state index in [-0.39, 0.29) is 11.6 Å². The number of aryl methyl sites for hydroxylation is 3. The highest BCUT2D eigenvalue weighted by atomic mass is 32.1. The van der Waals surface area contributed by atoms with Gasteiger partial charge in [-0.25, -0.2) is 4.98 Å². The van der Waals surface area contributed by atoms with Crippen molar-refractivity contribution < 1.29 is 0 Å². The Morgan fingerprint density at radius 2 is 2.00 bits per heavy atom. The fourth-order valence-electron chi connectivity index (χ4n) is 4.23. The molecule has 4 nitrogen and oxygen atoms in total. The van der Waals surface area contributed by atoms with E-state index >= 15 is 0 Å². The van der Waals surface area contributed by atoms with Crippen molar-refractivity contribution in [2.24, 2.45) is 0 Å². The van der Waals surface area contributed by atoms with E-state index in [0.717, 1.165) is 15.3 Å². The largest absolute Gasteiger partial charge is 0.309 e. The van der Waals surface area contributed by atoms with Crippen LogP contribution in [0.2, 0.25) is 0 Å². The maximum absolute atomic E-state index is 12.8. The van der Waals surface area contributed by atoms with Gasteiger partial charge in [-0.05, 0) is 68.4 Å². The summed E-state index contributed by atoms with van der Waals surface area (Å²) in [6.45, 7) is 4.79. The Bertz CT molecular complexity index is 1270. The highest BCUT2D eigenvalue weighted by molar-refractivity contribution is 7.19. The normalized spacial score (nSPS) is 14.7. The topological polar surface area (TPSA) is 57.8 Å². The molecule has 3 heterocycles. The molecule has 0 saturated carbocycles. The van der Waals surface area contributed by atoms with Gasteiger partial charge >= 0.3 is 0 Å². The first-order chi connectivity index (χ1) is 14.6. The third-order valence-electron chi connectivity index (χ3n) is 5.95. The molecule has 0 bridgehead atoms. The molecule has 1 aliphatic carbocycles. The van der Waals surface area contributed by atoms with Crippen LogP contribution in [0.1, 0.15) is 53.2 Å². The van der Waals surface area contributed by atoms with E-state index in [9.17, 15) is 4.79 Å². The molecule has 0 aliphatic heterocycles. The number of aromatic nitrogens is 2. The van der Waals surface area contributed by atoms with Crippen LogP contribution in [-0.4, -0.2) is 9.97 Å². The first-order valence-electron chi connectivity index (χ1n) is 10.5. The van der Waals surface area contributed by atoms with Crippen LogP contribution in [0.4, 0.5) is 0 Å². The number of nitrogens with one attached hydrogen (secondary N) is 2. The summed E-state index contributed by atoms with van der Waals surface area (Å²) in [5.41, 5.74) is 5.23. The molecule has 30 heavy (non-hydrogen) atoms. The Morgan fingerprint density at radius 3 is 2.80 bits per heavy atom. The molecule has 6 heteroatoms. The Hall–Kier alpha value is -2.28. The van der Waals surface area contributed by atoms with E-state index in [2.05, 4.69) is 54.5 Å². The van der Waals surface area contributed by atoms with Crippen LogP contribution in [0, 0.1) is 6.92 Å². The fraction of sp³-hybridized carbons (Fsp3) is 0.333. The molecule has 0 spiro atoms. The highest BCUT2D eigenvalue weighted by Gasteiger charge is 2.16. The average Bonchev–Trinajstić information content (AvgIpc) is 3.38. The van der Waals surface area contributed by atoms with Crippen molar-refractivity contribution in [2.45, 2.75) is 52.1 Å². The van der Waals surface area contributed by atoms with Gasteiger partial charge in [-0.1, -0.05) is 18.2 Å². The second kappa shape index (κ2) is 8.10. The number of aromatic amines is 1. The number of nitrogens with zero attached hydrogens (tertiary/aromatic N) is 1. The SMILES string of the molecule is Cc1ccc(-c2csc3nc(CN[C@@H](C)c4ccc5c(c4)CCCC5)[nH]c(=O)c23)s1. The predicted molar refractivity (Wildman–Crippen MR) is 127 cm³/mol. The molecule has 4 aromatic rings. The minimum absolute atomic E-state index is 0.0551. The lowest BCUT2D eigenvalue weighted by molar-refractivity contribution is 0.558. The molecule has 0 amide bonds. The number of hydrogen-bond donors (Lipinski definition) is 2. The highest BCUT2D eigenvalue weighted by Crippen LogP contribution is 2.35. The smallest absolute Gasteiger partial charge is 0.260 e. The molecule has 2 N–H and O–H groups in total. The molecule has 1 aromatic carbocycles. The molecule has 1 atom stereocenters. The Balaban J connectivity index is 1.35. The first kappa shape index (κ1) is 19.7. The molecule has 0 fully saturated rings. The van der Waals surface area contributed by atoms with Crippen LogP contribution in [0.5, 0.6) is 0 Å². The van der Waals surface area contributed by atoms with E-state index in [0.29, 0.717) is 17.8 Å². The van der Waals surface area contributed by atoms with Gasteiger partial charge in [-0.15, -0.1) is 22.7 Å². The second-order valence-corrected chi connectivity index (χ2v) is 10.2. The van der Waals surface area contributed by atoms with Crippen LogP contribution < -0.4 is 10.9 Å². The van der Waals surface area contributed by atoms with Gasteiger partial charge in [0.25, 0.3) is 5.56 Å². The van der Waals surface area contributed by atoms with E-state index in [1.54, 1.807) is 22.7 Å². The Morgan fingerprint density at radius 1 is 1.17 bits per heavy atom. The second-order valence-electron chi connectivity index (χ2n) is 8.09. The number of H-pyrrole nitrogens is 1. The lowest BCUT2D eigenvalue weighted by Gasteiger charge is -2.20. The molecule has 1 aliphatic rings. The number of fused-ring (bicyclic) bond motifs is 2. The fourth-order valence-corrected chi connectivity index (χ4v) is 6.15. The van der Waals surface area contributed by atoms with Crippen molar-refractivity contribution in [3.63, 3.8) is 0 Å². The monoisotopic (exact) mass is 435 g/mol. The van der Waals surface area contributed by atoms with Crippen molar-refractivity contribution >= 4 is 32.9 Å². The van der Waals surface area contributed by atoms with Crippen LogP contribution in [0.15, 0.2) is 40.5 Å². The number of thiophene rings is 2. The summed E-state index contributed by atoms with van der Waals surface area (Å²) in [7, 11) is 0. The van der Waals surface area contributed by atoms with Crippen molar-refractivity contribution in [3.05, 3.63) is 73.5 Å². The average molecular weight is 436 g/mol. The third-order valence-corrected chi connectivity index (χ3v) is 7.85. The van der Waals surface area contributed by atoms with Gasteiger partial charge in [0.05, 0.1) is 11.9 Å². The zero-order chi connectivity index (χ0) is 20.7. The lowest BCUT2D eigenvalue weighted by atomic mass is 9.89. The van der Waals surface area contributed by atoms with Crippen molar-refractivity contribution in [2.75, 3.05) is 0 Å². The summed E-state index contributed by atoms with van der Waals surface area (Å²) < 4.78 is 0. The van der Waals surface area contributed by atoms with Crippen LogP contribution in [0.25, 0.3) is 20.7 Å². The molecular weight excluding hydrogens is 410 g/mol. The number of hydrogen-bond acceptors (Lipinski definition) is 5. The molecule has 3 aromatic heterocycles. The Labute approximate surface area is 184 Å². The van der Waals surface area contributed by atoms with E-state index < -0.39 is 0 Å². The van der Waals surface area contributed by atoms with E-state index in [4.69, 9.17) is 4.98 Å². The summed E-state index contributed by atoms with van der Waals surface area (Å²) in [5.74, 6) is 0.688. The van der Waals surface area contributed by atoms with Gasteiger partial charge in [0.15, 0.2) is 0 Å². The molecule has 0 saturated heterocycles. The van der Waals surface area contributed by atoms with Gasteiger partial charge in [-0.3, -0.25) is 4.79 Å². The summed E-state index contributed by atoms with van der Waals surface area (Å²) in [5, 5.41) is 6.28. The summed E-state index contributed by atoms with van der Waals surface area (Å²) in [6.07, 6.45) is 4.98. The van der Waals surface area contributed by atoms with Crippen molar-refractivity contribution in [1.29, 1.82) is 0 Å². The number of rotatable bonds is 5. The van der Waals surface area contributed by atoms with Crippen LogP contribution in [-0.2, 0) is 19.4 Å². The molecule has 0 unspecified atom stereocenters. The van der Waals surface area contributed by atoms with Crippen molar-refractivity contribution in [3.8, 4) is 10.4 Å². The molecule has 0 radical (unpaired) electrons. The van der Waals surface area contributed by atoms with Gasteiger partial charge in [-0.2, -0.15) is 0 Å². The predicted octanol–water partition coefficient (Wildman–Crippen LogP) is 5.75. The molecule has 154 valence electrons. The summed E-state index contributed by atoms with van der Waals surface area (Å²) in [6, 6.07) is 11.2. The minimum Gasteiger partial charge on any atom is -0.309 e. The van der Waals surface area contributed by atoms with Gasteiger partial charge in [0.2, 0.25) is 0 Å². The van der Waals surface area contributed by atoms with Gasteiger partial charge < -0.3 is 10.3 Å². The zero-order valence-electron chi connectivity index (χ0n) is 17.2. The lowest BCUT2D eigenvalue weighted by Crippen LogP contribution is -2.22. The third kappa shape index (κ3) is 3.75. The quantitative estimate of drug-likeness (QED) is 0.419. The van der Waals surface area contributed by atoms with Gasteiger partial charge in [0, 0.05) is 26.7 Å². The number of benzene rings is 1. The first-order valence-corrected chi connectivity index (χ1v) is 12.2. The minimum atomic E-state index is -0.0551. The maximum atomic E-state index is 12.8. The zero-order valence-corrected chi connectivity index (χ0v) is 18.9. The summed E-state index contributed by atoms with van der Waals surface area (Å²) in [4.78, 5) is 23.7. The molecule has 5 rings (SSSR count). The summed E-state index contributed by atoms with van der Waals surface area (Å²) >= 11 is 3.25. The standard InChI is InChI=1S/C24H25N3OS2/c1-14-7-10-20(30-14)19-13-29-24-22(19)23(28)26-21(27-24)12-25-15(2)17-9-8-16-5-3-4-6-18(16)11-17/h7-11,13,15,25H,3-6,12H2,1-2H3,(H,26,27,28)/t15-/m0/s1. The van der Waals surface area contributed by atoms with E-state index in [1.807, 2.05) is 5.38 Å². The van der Waals surface area contributed by atoms with Gasteiger partial charge in [0.1, 0.15) is 10.7 Å². The Kier molecular flexibility index (Phi) is 5.31.